The van der Waals surface area contributed by atoms with Crippen molar-refractivity contribution in [1.82, 2.24) is 15.2 Å². The zero-order chi connectivity index (χ0) is 19.5. The highest BCUT2D eigenvalue weighted by Gasteiger charge is 2.26. The summed E-state index contributed by atoms with van der Waals surface area (Å²) in [5.74, 6) is 0.0548. The number of benzene rings is 2. The molecule has 0 fully saturated rings. The van der Waals surface area contributed by atoms with Crippen LogP contribution in [-0.2, 0) is 0 Å². The molecule has 0 aliphatic carbocycles. The number of nitrogens with one attached hydrogen (secondary N) is 1. The second-order valence-corrected chi connectivity index (χ2v) is 6.95. The van der Waals surface area contributed by atoms with Crippen molar-refractivity contribution in [2.24, 2.45) is 0 Å². The van der Waals surface area contributed by atoms with Crippen LogP contribution in [0.1, 0.15) is 22.1 Å². The van der Waals surface area contributed by atoms with Crippen molar-refractivity contribution in [3.8, 4) is 17.1 Å². The summed E-state index contributed by atoms with van der Waals surface area (Å²) in [6, 6.07) is 14.2. The lowest BCUT2D eigenvalue weighted by Crippen LogP contribution is -2.17. The molecule has 1 atom stereocenters. The molecule has 0 radical (unpaired) electrons. The van der Waals surface area contributed by atoms with Crippen LogP contribution in [-0.4, -0.2) is 32.0 Å². The summed E-state index contributed by atoms with van der Waals surface area (Å²) >= 11 is 1.42. The third-order valence-electron chi connectivity index (χ3n) is 4.12. The molecular weight excluding hydrogens is 376 g/mol. The van der Waals surface area contributed by atoms with Gasteiger partial charge < -0.3 is 15.2 Å². The first-order valence-corrected chi connectivity index (χ1v) is 9.48. The molecule has 0 bridgehead atoms. The van der Waals surface area contributed by atoms with Gasteiger partial charge in [-0.2, -0.15) is 4.98 Å². The number of hydrogen-bond acceptors (Lipinski definition) is 7. The molecule has 0 saturated heterocycles. The summed E-state index contributed by atoms with van der Waals surface area (Å²) < 4.78 is 6.14. The Balaban J connectivity index is 1.76. The summed E-state index contributed by atoms with van der Waals surface area (Å²) in [6.45, 7) is 3.70. The quantitative estimate of drug-likeness (QED) is 0.496. The fraction of sp³-hybridized carbons (Fsp3) is 0.100. The Bertz CT molecular complexity index is 1040. The minimum Gasteiger partial charge on any atom is -0.478 e. The first-order chi connectivity index (χ1) is 13.7. The Kier molecular flexibility index (Phi) is 4.94. The topological polar surface area (TPSA) is 97.2 Å². The highest BCUT2D eigenvalue weighted by molar-refractivity contribution is 7.99. The van der Waals surface area contributed by atoms with E-state index in [1.165, 1.54) is 11.8 Å². The smallest absolute Gasteiger partial charge is 0.335 e. The number of ether oxygens (including phenoxy) is 1. The molecular formula is C20H16N4O3S. The predicted molar refractivity (Wildman–Crippen MR) is 107 cm³/mol. The van der Waals surface area contributed by atoms with Crippen molar-refractivity contribution in [2.75, 3.05) is 11.1 Å². The Labute approximate surface area is 165 Å². The minimum atomic E-state index is -0.974. The van der Waals surface area contributed by atoms with Gasteiger partial charge in [0.25, 0.3) is 0 Å². The second-order valence-electron chi connectivity index (χ2n) is 5.96. The van der Waals surface area contributed by atoms with E-state index < -0.39 is 12.2 Å². The van der Waals surface area contributed by atoms with Gasteiger partial charge in [0, 0.05) is 22.6 Å². The lowest BCUT2D eigenvalue weighted by Gasteiger charge is -2.19. The van der Waals surface area contributed by atoms with Gasteiger partial charge in [-0.25, -0.2) is 4.79 Å². The lowest BCUT2D eigenvalue weighted by molar-refractivity contribution is 0.0696. The molecule has 28 heavy (non-hydrogen) atoms. The molecule has 0 saturated carbocycles. The molecule has 1 aliphatic heterocycles. The molecule has 2 aromatic carbocycles. The van der Waals surface area contributed by atoms with Crippen LogP contribution in [0.25, 0.3) is 11.3 Å². The van der Waals surface area contributed by atoms with Gasteiger partial charge in [-0.15, -0.1) is 16.8 Å². The van der Waals surface area contributed by atoms with E-state index in [-0.39, 0.29) is 5.56 Å². The third-order valence-corrected chi connectivity index (χ3v) is 4.96. The molecule has 4 rings (SSSR count). The maximum atomic E-state index is 11.1. The van der Waals surface area contributed by atoms with E-state index in [9.17, 15) is 4.79 Å². The van der Waals surface area contributed by atoms with E-state index in [2.05, 4.69) is 27.1 Å². The van der Waals surface area contributed by atoms with E-state index in [0.717, 1.165) is 16.8 Å². The van der Waals surface area contributed by atoms with Crippen LogP contribution in [0, 0.1) is 0 Å². The molecule has 0 unspecified atom stereocenters. The highest BCUT2D eigenvalue weighted by Crippen LogP contribution is 2.39. The number of nitrogens with zero attached hydrogens (tertiary/aromatic N) is 3. The van der Waals surface area contributed by atoms with Gasteiger partial charge in [0.2, 0.25) is 11.0 Å². The number of aromatic carboxylic acids is 1. The number of rotatable bonds is 5. The van der Waals surface area contributed by atoms with Crippen LogP contribution in [0.5, 0.6) is 5.88 Å². The highest BCUT2D eigenvalue weighted by atomic mass is 32.2. The van der Waals surface area contributed by atoms with Crippen LogP contribution in [0.15, 0.2) is 66.3 Å². The van der Waals surface area contributed by atoms with Crippen LogP contribution in [0.4, 0.5) is 5.69 Å². The summed E-state index contributed by atoms with van der Waals surface area (Å²) in [5.41, 5.74) is 3.20. The molecule has 1 aliphatic rings. The zero-order valence-electron chi connectivity index (χ0n) is 14.7. The van der Waals surface area contributed by atoms with E-state index in [0.29, 0.717) is 22.5 Å². The maximum absolute atomic E-state index is 11.1. The average molecular weight is 392 g/mol. The summed E-state index contributed by atoms with van der Waals surface area (Å²) in [5, 5.41) is 21.5. The third kappa shape index (κ3) is 3.54. The van der Waals surface area contributed by atoms with Crippen molar-refractivity contribution < 1.29 is 14.6 Å². The van der Waals surface area contributed by atoms with Gasteiger partial charge in [0.05, 0.1) is 5.56 Å². The van der Waals surface area contributed by atoms with Crippen LogP contribution in [0.3, 0.4) is 0 Å². The molecule has 0 amide bonds. The van der Waals surface area contributed by atoms with Gasteiger partial charge in [0.15, 0.2) is 11.9 Å². The van der Waals surface area contributed by atoms with Gasteiger partial charge in [-0.05, 0) is 18.2 Å². The van der Waals surface area contributed by atoms with Crippen molar-refractivity contribution in [3.63, 3.8) is 0 Å². The number of anilines is 1. The first-order valence-electron chi connectivity index (χ1n) is 8.50. The second kappa shape index (κ2) is 7.69. The summed E-state index contributed by atoms with van der Waals surface area (Å²) in [4.78, 5) is 15.6. The minimum absolute atomic E-state index is 0.213. The van der Waals surface area contributed by atoms with E-state index in [1.807, 2.05) is 24.3 Å². The molecule has 1 aromatic heterocycles. The van der Waals surface area contributed by atoms with Crippen molar-refractivity contribution in [1.29, 1.82) is 0 Å². The fourth-order valence-corrected chi connectivity index (χ4v) is 3.31. The molecule has 2 N–H and O–H groups in total. The summed E-state index contributed by atoms with van der Waals surface area (Å²) in [7, 11) is 0. The number of hydrogen-bond donors (Lipinski definition) is 2. The molecule has 0 spiro atoms. The molecule has 3 aromatic rings. The average Bonchev–Trinajstić information content (AvgIpc) is 2.88. The number of carboxylic acids is 1. The number of fused-ring (bicyclic) bond motifs is 3. The van der Waals surface area contributed by atoms with Gasteiger partial charge >= 0.3 is 5.97 Å². The number of carbonyl (C=O) groups is 1. The normalized spacial score (nSPS) is 14.6. The number of carboxylic acid groups (broad SMARTS) is 1. The Morgan fingerprint density at radius 1 is 1.21 bits per heavy atom. The van der Waals surface area contributed by atoms with Crippen molar-refractivity contribution in [3.05, 3.63) is 72.3 Å². The predicted octanol–water partition coefficient (Wildman–Crippen LogP) is 4.02. The van der Waals surface area contributed by atoms with Gasteiger partial charge in [0.1, 0.15) is 0 Å². The zero-order valence-corrected chi connectivity index (χ0v) is 15.5. The Morgan fingerprint density at radius 3 is 2.75 bits per heavy atom. The molecule has 8 heteroatoms. The first kappa shape index (κ1) is 18.0. The van der Waals surface area contributed by atoms with E-state index in [1.54, 1.807) is 30.3 Å². The summed E-state index contributed by atoms with van der Waals surface area (Å²) in [6.07, 6.45) is 1.21. The van der Waals surface area contributed by atoms with Crippen molar-refractivity contribution in [2.45, 2.75) is 11.4 Å². The van der Waals surface area contributed by atoms with E-state index in [4.69, 9.17) is 9.84 Å². The fourth-order valence-electron chi connectivity index (χ4n) is 2.79. The monoisotopic (exact) mass is 392 g/mol. The SMILES string of the molecule is C=CCSc1nnc2c(n1)O[C@H](c1ccc(C(=O)O)cc1)Nc1ccccc1-2. The van der Waals surface area contributed by atoms with Crippen molar-refractivity contribution >= 4 is 23.4 Å². The lowest BCUT2D eigenvalue weighted by atomic mass is 10.1. The Hall–Kier alpha value is -3.39. The molecule has 140 valence electrons. The van der Waals surface area contributed by atoms with Gasteiger partial charge in [-0.3, -0.25) is 0 Å². The standard InChI is InChI=1S/C20H16N4O3S/c1-2-11-28-20-22-18-16(23-24-20)14-5-3-4-6-15(14)21-17(27-18)12-7-9-13(10-8-12)19(25)26/h2-10,17,21H,1,11H2,(H,25,26)/t17-/m1/s1. The molecule has 7 nitrogen and oxygen atoms in total. The maximum Gasteiger partial charge on any atom is 0.335 e. The van der Waals surface area contributed by atoms with Gasteiger partial charge in [-0.1, -0.05) is 48.2 Å². The number of aromatic nitrogens is 3. The molecule has 2 heterocycles. The van der Waals surface area contributed by atoms with Crippen LogP contribution >= 0.6 is 11.8 Å². The van der Waals surface area contributed by atoms with Crippen LogP contribution < -0.4 is 10.1 Å². The van der Waals surface area contributed by atoms with Crippen LogP contribution in [0.2, 0.25) is 0 Å². The van der Waals surface area contributed by atoms with E-state index >= 15 is 0 Å². The number of thioether (sulfide) groups is 1. The Morgan fingerprint density at radius 2 is 2.00 bits per heavy atom. The number of para-hydroxylation sites is 1. The largest absolute Gasteiger partial charge is 0.478 e.